The molecule has 0 aliphatic heterocycles. The molecular formula is C16H22ClN3. The van der Waals surface area contributed by atoms with Crippen molar-refractivity contribution >= 4 is 23.0 Å². The van der Waals surface area contributed by atoms with Gasteiger partial charge in [0.25, 0.3) is 0 Å². The van der Waals surface area contributed by atoms with E-state index in [1.807, 2.05) is 31.1 Å². The summed E-state index contributed by atoms with van der Waals surface area (Å²) in [5, 5.41) is 4.17. The summed E-state index contributed by atoms with van der Waals surface area (Å²) >= 11 is 6.27. The molecule has 4 heteroatoms. The molecule has 20 heavy (non-hydrogen) atoms. The average molecular weight is 292 g/mol. The van der Waals surface area contributed by atoms with E-state index in [2.05, 4.69) is 41.3 Å². The van der Waals surface area contributed by atoms with Crippen LogP contribution in [0.3, 0.4) is 0 Å². The minimum absolute atomic E-state index is 0.767. The Balaban J connectivity index is 1.98. The van der Waals surface area contributed by atoms with E-state index in [1.165, 1.54) is 5.56 Å². The molecule has 0 aliphatic carbocycles. The number of hydrogen-bond acceptors (Lipinski definition) is 2. The van der Waals surface area contributed by atoms with Gasteiger partial charge in [-0.2, -0.15) is 0 Å². The van der Waals surface area contributed by atoms with Gasteiger partial charge in [-0.25, -0.2) is 0 Å². The van der Waals surface area contributed by atoms with E-state index in [0.717, 1.165) is 35.9 Å². The van der Waals surface area contributed by atoms with Gasteiger partial charge in [0.2, 0.25) is 0 Å². The Kier molecular flexibility index (Phi) is 4.96. The summed E-state index contributed by atoms with van der Waals surface area (Å²) in [6, 6.07) is 8.22. The second kappa shape index (κ2) is 6.71. The quantitative estimate of drug-likeness (QED) is 0.859. The number of rotatable bonds is 6. The molecule has 108 valence electrons. The van der Waals surface area contributed by atoms with E-state index in [9.17, 15) is 0 Å². The number of nitrogens with zero attached hydrogens (tertiary/aromatic N) is 2. The summed E-state index contributed by atoms with van der Waals surface area (Å²) in [7, 11) is 3.98. The predicted molar refractivity (Wildman–Crippen MR) is 87.8 cm³/mol. The van der Waals surface area contributed by atoms with Gasteiger partial charge in [0.15, 0.2) is 0 Å². The van der Waals surface area contributed by atoms with E-state index in [0.29, 0.717) is 0 Å². The molecule has 3 nitrogen and oxygen atoms in total. The van der Waals surface area contributed by atoms with Crippen LogP contribution in [0.1, 0.15) is 18.9 Å². The second-order valence-corrected chi connectivity index (χ2v) is 5.58. The number of hydrogen-bond donors (Lipinski definition) is 1. The number of aromatic nitrogens is 1. The molecule has 0 bridgehead atoms. The summed E-state index contributed by atoms with van der Waals surface area (Å²) in [6.07, 6.45) is 5.47. The highest BCUT2D eigenvalue weighted by molar-refractivity contribution is 6.33. The van der Waals surface area contributed by atoms with Crippen molar-refractivity contribution in [2.75, 3.05) is 24.3 Å². The lowest BCUT2D eigenvalue weighted by Crippen LogP contribution is -2.09. The van der Waals surface area contributed by atoms with Crippen molar-refractivity contribution in [3.8, 4) is 0 Å². The molecule has 0 aliphatic rings. The van der Waals surface area contributed by atoms with Gasteiger partial charge in [0.05, 0.1) is 10.7 Å². The maximum atomic E-state index is 6.27. The lowest BCUT2D eigenvalue weighted by molar-refractivity contribution is 0.682. The number of aryl methyl sites for hydroxylation is 1. The third kappa shape index (κ3) is 3.70. The first kappa shape index (κ1) is 14.8. The van der Waals surface area contributed by atoms with Crippen LogP contribution in [-0.2, 0) is 13.1 Å². The Morgan fingerprint density at radius 1 is 1.25 bits per heavy atom. The molecule has 1 heterocycles. The summed E-state index contributed by atoms with van der Waals surface area (Å²) in [5.74, 6) is 0. The molecule has 1 N–H and O–H groups in total. The highest BCUT2D eigenvalue weighted by atomic mass is 35.5. The van der Waals surface area contributed by atoms with Crippen LogP contribution >= 0.6 is 11.6 Å². The zero-order valence-electron chi connectivity index (χ0n) is 12.4. The van der Waals surface area contributed by atoms with Gasteiger partial charge < -0.3 is 14.8 Å². The molecular weight excluding hydrogens is 270 g/mol. The van der Waals surface area contributed by atoms with E-state index in [1.54, 1.807) is 0 Å². The molecule has 0 fully saturated rings. The minimum atomic E-state index is 0.767. The van der Waals surface area contributed by atoms with Crippen LogP contribution in [0.5, 0.6) is 0 Å². The van der Waals surface area contributed by atoms with E-state index in [-0.39, 0.29) is 0 Å². The van der Waals surface area contributed by atoms with Crippen molar-refractivity contribution in [2.24, 2.45) is 0 Å². The van der Waals surface area contributed by atoms with Crippen LogP contribution in [-0.4, -0.2) is 18.7 Å². The van der Waals surface area contributed by atoms with Crippen molar-refractivity contribution in [2.45, 2.75) is 26.4 Å². The lowest BCUT2D eigenvalue weighted by Gasteiger charge is -2.15. The van der Waals surface area contributed by atoms with Crippen LogP contribution in [0, 0.1) is 0 Å². The van der Waals surface area contributed by atoms with Crippen LogP contribution in [0.4, 0.5) is 11.4 Å². The largest absolute Gasteiger partial charge is 0.381 e. The Morgan fingerprint density at radius 2 is 2.05 bits per heavy atom. The summed E-state index contributed by atoms with van der Waals surface area (Å²) in [4.78, 5) is 2.01. The molecule has 0 amide bonds. The fraction of sp³-hybridized carbons (Fsp3) is 0.375. The molecule has 2 rings (SSSR count). The Bertz CT molecular complexity index is 561. The predicted octanol–water partition coefficient (Wildman–Crippen LogP) is 4.23. The number of benzene rings is 1. The third-order valence-corrected chi connectivity index (χ3v) is 3.52. The van der Waals surface area contributed by atoms with Crippen molar-refractivity contribution in [3.63, 3.8) is 0 Å². The van der Waals surface area contributed by atoms with E-state index in [4.69, 9.17) is 11.6 Å². The van der Waals surface area contributed by atoms with Gasteiger partial charge in [-0.15, -0.1) is 0 Å². The van der Waals surface area contributed by atoms with Crippen LogP contribution < -0.4 is 10.2 Å². The smallest absolute Gasteiger partial charge is 0.0659 e. The molecule has 2 aromatic rings. The average Bonchev–Trinajstić information content (AvgIpc) is 2.84. The molecule has 0 spiro atoms. The fourth-order valence-corrected chi connectivity index (χ4v) is 2.53. The zero-order chi connectivity index (χ0) is 14.5. The van der Waals surface area contributed by atoms with Crippen LogP contribution in [0.15, 0.2) is 36.7 Å². The molecule has 0 atom stereocenters. The number of nitrogens with one attached hydrogen (secondary N) is 1. The topological polar surface area (TPSA) is 20.2 Å². The van der Waals surface area contributed by atoms with Crippen molar-refractivity contribution in [1.82, 2.24) is 4.57 Å². The molecule has 1 aromatic carbocycles. The highest BCUT2D eigenvalue weighted by Crippen LogP contribution is 2.27. The fourth-order valence-electron chi connectivity index (χ4n) is 2.18. The molecule has 0 saturated heterocycles. The minimum Gasteiger partial charge on any atom is -0.381 e. The summed E-state index contributed by atoms with van der Waals surface area (Å²) in [5.41, 5.74) is 3.36. The SMILES string of the molecule is CCCn1ccc(CNc2ccc(N(C)C)c(Cl)c2)c1. The maximum Gasteiger partial charge on any atom is 0.0659 e. The first-order valence-corrected chi connectivity index (χ1v) is 7.33. The standard InChI is InChI=1S/C16H22ClN3/c1-4-8-20-9-7-13(12-20)11-18-14-5-6-16(19(2)3)15(17)10-14/h5-7,9-10,12,18H,4,8,11H2,1-3H3. The van der Waals surface area contributed by atoms with Gasteiger partial charge in [0, 0.05) is 45.3 Å². The first-order valence-electron chi connectivity index (χ1n) is 6.95. The Morgan fingerprint density at radius 3 is 2.70 bits per heavy atom. The van der Waals surface area contributed by atoms with E-state index >= 15 is 0 Å². The molecule has 1 aromatic heterocycles. The van der Waals surface area contributed by atoms with Gasteiger partial charge in [-0.1, -0.05) is 18.5 Å². The van der Waals surface area contributed by atoms with E-state index < -0.39 is 0 Å². The van der Waals surface area contributed by atoms with Crippen LogP contribution in [0.25, 0.3) is 0 Å². The summed E-state index contributed by atoms with van der Waals surface area (Å²) in [6.45, 7) is 4.07. The maximum absolute atomic E-state index is 6.27. The van der Waals surface area contributed by atoms with Gasteiger partial charge in [0.1, 0.15) is 0 Å². The van der Waals surface area contributed by atoms with Crippen molar-refractivity contribution in [1.29, 1.82) is 0 Å². The monoisotopic (exact) mass is 291 g/mol. The third-order valence-electron chi connectivity index (χ3n) is 3.22. The normalized spacial score (nSPS) is 10.6. The molecule has 0 unspecified atom stereocenters. The zero-order valence-corrected chi connectivity index (χ0v) is 13.1. The van der Waals surface area contributed by atoms with Crippen molar-refractivity contribution < 1.29 is 0 Å². The van der Waals surface area contributed by atoms with Gasteiger partial charge in [-0.05, 0) is 36.2 Å². The van der Waals surface area contributed by atoms with Crippen molar-refractivity contribution in [3.05, 3.63) is 47.2 Å². The summed E-state index contributed by atoms with van der Waals surface area (Å²) < 4.78 is 2.22. The Hall–Kier alpha value is -1.61. The second-order valence-electron chi connectivity index (χ2n) is 5.17. The highest BCUT2D eigenvalue weighted by Gasteiger charge is 2.04. The Labute approximate surface area is 126 Å². The van der Waals surface area contributed by atoms with Gasteiger partial charge in [-0.3, -0.25) is 0 Å². The number of halogens is 1. The van der Waals surface area contributed by atoms with Gasteiger partial charge >= 0.3 is 0 Å². The molecule has 0 saturated carbocycles. The van der Waals surface area contributed by atoms with Crippen LogP contribution in [0.2, 0.25) is 5.02 Å². The molecule has 0 radical (unpaired) electrons. The number of anilines is 2. The lowest BCUT2D eigenvalue weighted by atomic mass is 10.2. The first-order chi connectivity index (χ1) is 9.60.